The van der Waals surface area contributed by atoms with Gasteiger partial charge in [-0.2, -0.15) is 0 Å². The summed E-state index contributed by atoms with van der Waals surface area (Å²) in [5.41, 5.74) is 0.811. The maximum absolute atomic E-state index is 13.0. The smallest absolute Gasteiger partial charge is 0.330 e. The van der Waals surface area contributed by atoms with E-state index in [9.17, 15) is 14.3 Å². The first-order chi connectivity index (χ1) is 9.47. The molecule has 1 unspecified atom stereocenters. The minimum absolute atomic E-state index is 0.0481. The molecule has 3 nitrogen and oxygen atoms in total. The molecule has 0 aliphatic heterocycles. The third-order valence-electron chi connectivity index (χ3n) is 2.66. The van der Waals surface area contributed by atoms with E-state index in [1.54, 1.807) is 24.3 Å². The quantitative estimate of drug-likeness (QED) is 0.881. The lowest BCUT2D eigenvalue weighted by Crippen LogP contribution is -2.21. The van der Waals surface area contributed by atoms with E-state index in [1.165, 1.54) is 6.07 Å². The van der Waals surface area contributed by atoms with Gasteiger partial charge in [-0.25, -0.2) is 9.18 Å². The van der Waals surface area contributed by atoms with Gasteiger partial charge in [0.1, 0.15) is 5.82 Å². The Kier molecular flexibility index (Phi) is 4.47. The van der Waals surface area contributed by atoms with Crippen molar-refractivity contribution in [2.75, 3.05) is 5.32 Å². The number of anilines is 1. The van der Waals surface area contributed by atoms with Crippen molar-refractivity contribution < 1.29 is 14.3 Å². The Morgan fingerprint density at radius 3 is 2.55 bits per heavy atom. The Hall–Kier alpha value is -1.78. The zero-order valence-electron chi connectivity index (χ0n) is 10.1. The summed E-state index contributed by atoms with van der Waals surface area (Å²) in [5, 5.41) is 12.6. The van der Waals surface area contributed by atoms with Crippen LogP contribution >= 0.6 is 23.2 Å². The lowest BCUT2D eigenvalue weighted by molar-refractivity contribution is -0.138. The predicted octanol–water partition coefficient (Wildman–Crippen LogP) is 4.37. The summed E-state index contributed by atoms with van der Waals surface area (Å²) in [6, 6.07) is 9.12. The minimum atomic E-state index is -1.13. The number of rotatable bonds is 4. The summed E-state index contributed by atoms with van der Waals surface area (Å²) in [6.45, 7) is 0. The van der Waals surface area contributed by atoms with Crippen molar-refractivity contribution in [3.8, 4) is 0 Å². The van der Waals surface area contributed by atoms with Crippen molar-refractivity contribution in [2.24, 2.45) is 0 Å². The molecule has 104 valence electrons. The Bertz CT molecular complexity index is 649. The maximum atomic E-state index is 13.0. The molecule has 2 rings (SSSR count). The van der Waals surface area contributed by atoms with E-state index in [4.69, 9.17) is 23.2 Å². The molecule has 2 N–H and O–H groups in total. The van der Waals surface area contributed by atoms with Crippen LogP contribution in [0.25, 0.3) is 0 Å². The first-order valence-electron chi connectivity index (χ1n) is 5.67. The zero-order chi connectivity index (χ0) is 14.7. The number of carboxylic acids is 1. The average molecular weight is 314 g/mol. The molecule has 0 radical (unpaired) electrons. The number of halogens is 3. The maximum Gasteiger partial charge on any atom is 0.330 e. The zero-order valence-corrected chi connectivity index (χ0v) is 11.6. The van der Waals surface area contributed by atoms with Crippen molar-refractivity contribution >= 4 is 34.9 Å². The summed E-state index contributed by atoms with van der Waals surface area (Å²) < 4.78 is 13.0. The fourth-order valence-corrected chi connectivity index (χ4v) is 2.22. The molecule has 2 aromatic carbocycles. The van der Waals surface area contributed by atoms with Crippen LogP contribution in [0.3, 0.4) is 0 Å². The largest absolute Gasteiger partial charge is 0.479 e. The highest BCUT2D eigenvalue weighted by Crippen LogP contribution is 2.28. The lowest BCUT2D eigenvalue weighted by Gasteiger charge is -2.17. The van der Waals surface area contributed by atoms with Gasteiger partial charge in [0.25, 0.3) is 0 Å². The molecule has 0 bridgehead atoms. The molecule has 6 heteroatoms. The van der Waals surface area contributed by atoms with Gasteiger partial charge in [0.05, 0.1) is 0 Å². The molecule has 0 fully saturated rings. The van der Waals surface area contributed by atoms with Gasteiger partial charge in [-0.15, -0.1) is 0 Å². The van der Waals surface area contributed by atoms with Crippen molar-refractivity contribution in [3.63, 3.8) is 0 Å². The number of carbonyl (C=O) groups is 1. The van der Waals surface area contributed by atoms with E-state index in [2.05, 4.69) is 5.32 Å². The second-order valence-corrected chi connectivity index (χ2v) is 4.94. The second kappa shape index (κ2) is 6.11. The van der Waals surface area contributed by atoms with Gasteiger partial charge in [-0.3, -0.25) is 0 Å². The number of nitrogens with one attached hydrogen (secondary N) is 1. The van der Waals surface area contributed by atoms with E-state index < -0.39 is 17.8 Å². The standard InChI is InChI=1S/C14H10Cl2FNO2/c15-8-2-1-3-10(6-8)18-13(14(19)20)11-5-4-9(17)7-12(11)16/h1-7,13,18H,(H,19,20). The highest BCUT2D eigenvalue weighted by molar-refractivity contribution is 6.31. The SMILES string of the molecule is O=C(O)C(Nc1cccc(Cl)c1)c1ccc(F)cc1Cl. The van der Waals surface area contributed by atoms with Gasteiger partial charge in [0, 0.05) is 21.3 Å². The van der Waals surface area contributed by atoms with Crippen molar-refractivity contribution in [1.29, 1.82) is 0 Å². The van der Waals surface area contributed by atoms with Gasteiger partial charge >= 0.3 is 5.97 Å². The van der Waals surface area contributed by atoms with E-state index in [-0.39, 0.29) is 10.6 Å². The molecular weight excluding hydrogens is 304 g/mol. The van der Waals surface area contributed by atoms with Gasteiger partial charge in [0.15, 0.2) is 6.04 Å². The Morgan fingerprint density at radius 1 is 1.20 bits per heavy atom. The molecule has 0 aromatic heterocycles. The van der Waals surface area contributed by atoms with Gasteiger partial charge in [0.2, 0.25) is 0 Å². The first kappa shape index (κ1) is 14.6. The monoisotopic (exact) mass is 313 g/mol. The summed E-state index contributed by atoms with van der Waals surface area (Å²) in [7, 11) is 0. The minimum Gasteiger partial charge on any atom is -0.479 e. The van der Waals surface area contributed by atoms with E-state index in [0.717, 1.165) is 12.1 Å². The molecule has 0 saturated heterocycles. The van der Waals surface area contributed by atoms with Crippen LogP contribution in [0, 0.1) is 5.82 Å². The Morgan fingerprint density at radius 2 is 1.95 bits per heavy atom. The van der Waals surface area contributed by atoms with Crippen molar-refractivity contribution in [1.82, 2.24) is 0 Å². The van der Waals surface area contributed by atoms with Gasteiger partial charge in [-0.05, 0) is 30.3 Å². The number of carboxylic acid groups (broad SMARTS) is 1. The van der Waals surface area contributed by atoms with Crippen LogP contribution < -0.4 is 5.32 Å². The van der Waals surface area contributed by atoms with E-state index in [0.29, 0.717) is 10.7 Å². The first-order valence-corrected chi connectivity index (χ1v) is 6.43. The van der Waals surface area contributed by atoms with Gasteiger partial charge < -0.3 is 10.4 Å². The van der Waals surface area contributed by atoms with Crippen LogP contribution in [0.4, 0.5) is 10.1 Å². The molecule has 2 aromatic rings. The molecule has 0 spiro atoms. The normalized spacial score (nSPS) is 11.9. The third-order valence-corrected chi connectivity index (χ3v) is 3.22. The average Bonchev–Trinajstić information content (AvgIpc) is 2.36. The number of hydrogen-bond acceptors (Lipinski definition) is 2. The predicted molar refractivity (Wildman–Crippen MR) is 76.9 cm³/mol. The number of benzene rings is 2. The van der Waals surface area contributed by atoms with Crippen molar-refractivity contribution in [2.45, 2.75) is 6.04 Å². The third kappa shape index (κ3) is 3.40. The molecule has 0 aliphatic carbocycles. The molecule has 0 amide bonds. The summed E-state index contributed by atoms with van der Waals surface area (Å²) >= 11 is 11.7. The summed E-state index contributed by atoms with van der Waals surface area (Å²) in [6.07, 6.45) is 0. The van der Waals surface area contributed by atoms with E-state index >= 15 is 0 Å². The fourth-order valence-electron chi connectivity index (χ4n) is 1.75. The van der Waals surface area contributed by atoms with Crippen LogP contribution in [0.5, 0.6) is 0 Å². The van der Waals surface area contributed by atoms with Crippen LogP contribution in [0.2, 0.25) is 10.0 Å². The fraction of sp³-hybridized carbons (Fsp3) is 0.0714. The Balaban J connectivity index is 2.34. The lowest BCUT2D eigenvalue weighted by atomic mass is 10.1. The van der Waals surface area contributed by atoms with Crippen LogP contribution in [-0.4, -0.2) is 11.1 Å². The molecule has 0 saturated carbocycles. The molecule has 0 heterocycles. The van der Waals surface area contributed by atoms with Crippen LogP contribution in [0.1, 0.15) is 11.6 Å². The van der Waals surface area contributed by atoms with E-state index in [1.807, 2.05) is 0 Å². The number of hydrogen-bond donors (Lipinski definition) is 2. The number of aliphatic carboxylic acids is 1. The second-order valence-electron chi connectivity index (χ2n) is 4.09. The topological polar surface area (TPSA) is 49.3 Å². The summed E-state index contributed by atoms with van der Waals surface area (Å²) in [5.74, 6) is -1.65. The highest BCUT2D eigenvalue weighted by atomic mass is 35.5. The molecular formula is C14H10Cl2FNO2. The molecule has 1 atom stereocenters. The Labute approximate surface area is 124 Å². The van der Waals surface area contributed by atoms with Crippen LogP contribution in [0.15, 0.2) is 42.5 Å². The van der Waals surface area contributed by atoms with Gasteiger partial charge in [-0.1, -0.05) is 35.3 Å². The molecule has 0 aliphatic rings. The molecule has 20 heavy (non-hydrogen) atoms. The highest BCUT2D eigenvalue weighted by Gasteiger charge is 2.22. The van der Waals surface area contributed by atoms with Crippen LogP contribution in [-0.2, 0) is 4.79 Å². The summed E-state index contributed by atoms with van der Waals surface area (Å²) in [4.78, 5) is 11.4. The van der Waals surface area contributed by atoms with Crippen molar-refractivity contribution in [3.05, 3.63) is 63.9 Å².